The fraction of sp³-hybridized carbons (Fsp3) is 0.214. The SMILES string of the molecule is CC(CCl)C(=O)Nc1cccc(-n2cccc2)c1. The number of carbonyl (C=O) groups is 1. The summed E-state index contributed by atoms with van der Waals surface area (Å²) in [6.45, 7) is 1.80. The zero-order chi connectivity index (χ0) is 13.0. The van der Waals surface area contributed by atoms with E-state index in [-0.39, 0.29) is 11.8 Å². The number of hydrogen-bond donors (Lipinski definition) is 1. The molecule has 1 heterocycles. The Balaban J connectivity index is 2.16. The molecule has 3 nitrogen and oxygen atoms in total. The average Bonchev–Trinajstić information content (AvgIpc) is 2.92. The third-order valence-electron chi connectivity index (χ3n) is 2.70. The Labute approximate surface area is 111 Å². The molecule has 1 amide bonds. The van der Waals surface area contributed by atoms with Crippen LogP contribution in [0, 0.1) is 5.92 Å². The largest absolute Gasteiger partial charge is 0.326 e. The molecule has 1 atom stereocenters. The van der Waals surface area contributed by atoms with Crippen molar-refractivity contribution in [1.82, 2.24) is 4.57 Å². The molecule has 1 unspecified atom stereocenters. The molecule has 1 aromatic heterocycles. The maximum atomic E-state index is 11.7. The van der Waals surface area contributed by atoms with Crippen molar-refractivity contribution >= 4 is 23.2 Å². The number of aromatic nitrogens is 1. The number of carbonyl (C=O) groups excluding carboxylic acids is 1. The van der Waals surface area contributed by atoms with Crippen LogP contribution in [0.4, 0.5) is 5.69 Å². The van der Waals surface area contributed by atoms with Gasteiger partial charge >= 0.3 is 0 Å². The van der Waals surface area contributed by atoms with Gasteiger partial charge in [0, 0.05) is 35.6 Å². The van der Waals surface area contributed by atoms with Gasteiger partial charge in [0.15, 0.2) is 0 Å². The first-order valence-electron chi connectivity index (χ1n) is 5.81. The van der Waals surface area contributed by atoms with E-state index in [1.54, 1.807) is 6.92 Å². The second-order valence-electron chi connectivity index (χ2n) is 4.19. The van der Waals surface area contributed by atoms with Crippen LogP contribution in [0.5, 0.6) is 0 Å². The summed E-state index contributed by atoms with van der Waals surface area (Å²) in [5, 5.41) is 2.86. The van der Waals surface area contributed by atoms with Crippen LogP contribution in [0.1, 0.15) is 6.92 Å². The number of rotatable bonds is 4. The molecule has 0 saturated carbocycles. The van der Waals surface area contributed by atoms with Gasteiger partial charge in [-0.15, -0.1) is 11.6 Å². The van der Waals surface area contributed by atoms with Gasteiger partial charge in [0.05, 0.1) is 0 Å². The van der Waals surface area contributed by atoms with Crippen LogP contribution in [0.3, 0.4) is 0 Å². The van der Waals surface area contributed by atoms with Gasteiger partial charge < -0.3 is 9.88 Å². The molecule has 0 aliphatic rings. The van der Waals surface area contributed by atoms with Crippen molar-refractivity contribution in [3.63, 3.8) is 0 Å². The molecule has 0 radical (unpaired) electrons. The maximum absolute atomic E-state index is 11.7. The molecule has 0 spiro atoms. The number of nitrogens with zero attached hydrogens (tertiary/aromatic N) is 1. The minimum absolute atomic E-state index is 0.0605. The van der Waals surface area contributed by atoms with E-state index in [0.717, 1.165) is 11.4 Å². The van der Waals surface area contributed by atoms with E-state index in [0.29, 0.717) is 5.88 Å². The fourth-order valence-corrected chi connectivity index (χ4v) is 1.73. The maximum Gasteiger partial charge on any atom is 0.228 e. The predicted molar refractivity (Wildman–Crippen MR) is 74.3 cm³/mol. The van der Waals surface area contributed by atoms with Crippen LogP contribution in [0.25, 0.3) is 5.69 Å². The third-order valence-corrected chi connectivity index (χ3v) is 3.16. The van der Waals surface area contributed by atoms with E-state index >= 15 is 0 Å². The normalized spacial score (nSPS) is 12.1. The van der Waals surface area contributed by atoms with Crippen LogP contribution < -0.4 is 5.32 Å². The van der Waals surface area contributed by atoms with Crippen LogP contribution in [-0.4, -0.2) is 16.4 Å². The predicted octanol–water partition coefficient (Wildman–Crippen LogP) is 3.29. The first kappa shape index (κ1) is 12.7. The quantitative estimate of drug-likeness (QED) is 0.843. The summed E-state index contributed by atoms with van der Waals surface area (Å²) in [5.41, 5.74) is 1.79. The Morgan fingerprint density at radius 2 is 2.06 bits per heavy atom. The molecule has 2 rings (SSSR count). The summed E-state index contributed by atoms with van der Waals surface area (Å²) in [6, 6.07) is 11.6. The van der Waals surface area contributed by atoms with E-state index in [2.05, 4.69) is 5.32 Å². The number of alkyl halides is 1. The highest BCUT2D eigenvalue weighted by Crippen LogP contribution is 2.15. The van der Waals surface area contributed by atoms with E-state index in [4.69, 9.17) is 11.6 Å². The second kappa shape index (κ2) is 5.74. The van der Waals surface area contributed by atoms with Gasteiger partial charge in [-0.2, -0.15) is 0 Å². The number of halogens is 1. The van der Waals surface area contributed by atoms with Crippen LogP contribution in [0.15, 0.2) is 48.8 Å². The smallest absolute Gasteiger partial charge is 0.228 e. The van der Waals surface area contributed by atoms with Crippen LogP contribution >= 0.6 is 11.6 Å². The summed E-state index contributed by atoms with van der Waals surface area (Å²) in [6.07, 6.45) is 3.92. The molecule has 94 valence electrons. The van der Waals surface area contributed by atoms with E-state index in [1.165, 1.54) is 0 Å². The molecule has 1 aromatic carbocycles. The third kappa shape index (κ3) is 2.93. The Bertz CT molecular complexity index is 522. The molecule has 18 heavy (non-hydrogen) atoms. The summed E-state index contributed by atoms with van der Waals surface area (Å²) >= 11 is 5.66. The molecule has 4 heteroatoms. The standard InChI is InChI=1S/C14H15ClN2O/c1-11(10-15)14(18)16-12-5-4-6-13(9-12)17-7-2-3-8-17/h2-9,11H,10H2,1H3,(H,16,18). The first-order valence-corrected chi connectivity index (χ1v) is 6.34. The first-order chi connectivity index (χ1) is 8.70. The van der Waals surface area contributed by atoms with Gasteiger partial charge in [-0.3, -0.25) is 4.79 Å². The van der Waals surface area contributed by atoms with Crippen molar-refractivity contribution in [2.45, 2.75) is 6.92 Å². The molecule has 0 saturated heterocycles. The van der Waals surface area contributed by atoms with Crippen molar-refractivity contribution in [3.8, 4) is 5.69 Å². The highest BCUT2D eigenvalue weighted by Gasteiger charge is 2.11. The summed E-state index contributed by atoms with van der Waals surface area (Å²) in [4.78, 5) is 11.7. The number of anilines is 1. The lowest BCUT2D eigenvalue weighted by molar-refractivity contribution is -0.118. The topological polar surface area (TPSA) is 34.0 Å². The van der Waals surface area contributed by atoms with Gasteiger partial charge in [-0.25, -0.2) is 0 Å². The molecule has 2 aromatic rings. The Morgan fingerprint density at radius 1 is 1.33 bits per heavy atom. The van der Waals surface area contributed by atoms with Crippen molar-refractivity contribution in [2.75, 3.05) is 11.2 Å². The van der Waals surface area contributed by atoms with Gasteiger partial charge in [0.1, 0.15) is 0 Å². The number of benzene rings is 1. The highest BCUT2D eigenvalue weighted by molar-refractivity contribution is 6.19. The Hall–Kier alpha value is -1.74. The van der Waals surface area contributed by atoms with Crippen molar-refractivity contribution in [2.24, 2.45) is 5.92 Å². The summed E-state index contributed by atoms with van der Waals surface area (Å²) < 4.78 is 1.99. The molecule has 0 aliphatic heterocycles. The monoisotopic (exact) mass is 262 g/mol. The van der Waals surface area contributed by atoms with Crippen molar-refractivity contribution in [1.29, 1.82) is 0 Å². The summed E-state index contributed by atoms with van der Waals surface area (Å²) in [7, 11) is 0. The molecule has 0 aliphatic carbocycles. The van der Waals surface area contributed by atoms with E-state index < -0.39 is 0 Å². The van der Waals surface area contributed by atoms with Crippen LogP contribution in [0.2, 0.25) is 0 Å². The number of nitrogens with one attached hydrogen (secondary N) is 1. The van der Waals surface area contributed by atoms with Crippen LogP contribution in [-0.2, 0) is 4.79 Å². The Morgan fingerprint density at radius 3 is 2.72 bits per heavy atom. The fourth-order valence-electron chi connectivity index (χ4n) is 1.59. The lowest BCUT2D eigenvalue weighted by atomic mass is 10.2. The lowest BCUT2D eigenvalue weighted by Crippen LogP contribution is -2.21. The summed E-state index contributed by atoms with van der Waals surface area (Å²) in [5.74, 6) is 0.0694. The average molecular weight is 263 g/mol. The zero-order valence-electron chi connectivity index (χ0n) is 10.1. The highest BCUT2D eigenvalue weighted by atomic mass is 35.5. The van der Waals surface area contributed by atoms with E-state index in [9.17, 15) is 4.79 Å². The van der Waals surface area contributed by atoms with Gasteiger partial charge in [-0.1, -0.05) is 13.0 Å². The van der Waals surface area contributed by atoms with Gasteiger partial charge in [-0.05, 0) is 30.3 Å². The molecule has 1 N–H and O–H groups in total. The minimum Gasteiger partial charge on any atom is -0.326 e. The van der Waals surface area contributed by atoms with Crippen molar-refractivity contribution in [3.05, 3.63) is 48.8 Å². The zero-order valence-corrected chi connectivity index (χ0v) is 10.9. The van der Waals surface area contributed by atoms with E-state index in [1.807, 2.05) is 53.4 Å². The minimum atomic E-state index is -0.193. The Kier molecular flexibility index (Phi) is 4.05. The lowest BCUT2D eigenvalue weighted by Gasteiger charge is -2.11. The second-order valence-corrected chi connectivity index (χ2v) is 4.49. The molecule has 0 bridgehead atoms. The molecule has 0 fully saturated rings. The van der Waals surface area contributed by atoms with Gasteiger partial charge in [0.25, 0.3) is 0 Å². The number of hydrogen-bond acceptors (Lipinski definition) is 1. The van der Waals surface area contributed by atoms with Gasteiger partial charge in [0.2, 0.25) is 5.91 Å². The molecular formula is C14H15ClN2O. The molecular weight excluding hydrogens is 248 g/mol. The number of amides is 1. The van der Waals surface area contributed by atoms with Crippen molar-refractivity contribution < 1.29 is 4.79 Å².